The molecule has 0 atom stereocenters. The highest BCUT2D eigenvalue weighted by Crippen LogP contribution is 2.19. The largest absolute Gasteiger partial charge is 0.385 e. The van der Waals surface area contributed by atoms with Crippen LogP contribution >= 0.6 is 11.6 Å². The van der Waals surface area contributed by atoms with Gasteiger partial charge in [0.2, 0.25) is 0 Å². The Morgan fingerprint density at radius 3 is 2.77 bits per heavy atom. The van der Waals surface area contributed by atoms with E-state index < -0.39 is 28.2 Å². The summed E-state index contributed by atoms with van der Waals surface area (Å²) >= 11 is 5.64. The van der Waals surface area contributed by atoms with Crippen LogP contribution < -0.4 is 10.2 Å². The first kappa shape index (κ1) is 18.1. The summed E-state index contributed by atoms with van der Waals surface area (Å²) in [6.07, 6.45) is 1.07. The maximum Gasteiger partial charge on any atom is 0.265 e. The number of aromatic nitrogens is 3. The first-order valence-electron chi connectivity index (χ1n) is 7.18. The number of carbonyl (C=O) groups is 1. The van der Waals surface area contributed by atoms with Gasteiger partial charge in [0.1, 0.15) is 16.9 Å². The third-order valence-electron chi connectivity index (χ3n) is 3.34. The third-order valence-corrected chi connectivity index (χ3v) is 4.74. The highest BCUT2D eigenvalue weighted by molar-refractivity contribution is 7.90. The molecule has 11 heteroatoms. The zero-order valence-corrected chi connectivity index (χ0v) is 14.9. The van der Waals surface area contributed by atoms with Gasteiger partial charge in [0.25, 0.3) is 5.91 Å². The molecule has 136 valence electrons. The van der Waals surface area contributed by atoms with Gasteiger partial charge in [0.15, 0.2) is 16.4 Å². The number of anilines is 1. The SMILES string of the molecule is CS(=O)(=O)c1ccc2nnn(OCC(=O)Nc3ccc(F)c(Cl)c3)c2c1. The van der Waals surface area contributed by atoms with Crippen LogP contribution in [0.25, 0.3) is 11.0 Å². The molecule has 0 aliphatic rings. The summed E-state index contributed by atoms with van der Waals surface area (Å²) in [5.74, 6) is -1.15. The molecule has 0 aliphatic heterocycles. The predicted octanol–water partition coefficient (Wildman–Crippen LogP) is 1.69. The van der Waals surface area contributed by atoms with Crippen molar-refractivity contribution in [2.45, 2.75) is 4.90 Å². The van der Waals surface area contributed by atoms with Gasteiger partial charge in [-0.3, -0.25) is 4.79 Å². The molecule has 1 N–H and O–H groups in total. The summed E-state index contributed by atoms with van der Waals surface area (Å²) in [4.78, 5) is 18.2. The minimum atomic E-state index is -3.42. The van der Waals surface area contributed by atoms with Crippen molar-refractivity contribution in [1.29, 1.82) is 0 Å². The molecule has 3 aromatic rings. The Morgan fingerprint density at radius 1 is 1.31 bits per heavy atom. The first-order valence-corrected chi connectivity index (χ1v) is 9.45. The Morgan fingerprint density at radius 2 is 2.08 bits per heavy atom. The number of nitrogens with one attached hydrogen (secondary N) is 1. The minimum Gasteiger partial charge on any atom is -0.385 e. The molecule has 0 spiro atoms. The van der Waals surface area contributed by atoms with E-state index in [1.54, 1.807) is 0 Å². The lowest BCUT2D eigenvalue weighted by atomic mass is 10.3. The first-order chi connectivity index (χ1) is 12.2. The molecule has 0 saturated heterocycles. The quantitative estimate of drug-likeness (QED) is 0.701. The number of amides is 1. The van der Waals surface area contributed by atoms with Crippen LogP contribution in [-0.2, 0) is 14.6 Å². The molecular weight excluding hydrogens is 387 g/mol. The number of rotatable bonds is 5. The molecule has 0 aliphatic carbocycles. The van der Waals surface area contributed by atoms with Gasteiger partial charge in [-0.25, -0.2) is 12.8 Å². The van der Waals surface area contributed by atoms with Crippen LogP contribution in [0.4, 0.5) is 10.1 Å². The number of fused-ring (bicyclic) bond motifs is 1. The summed E-state index contributed by atoms with van der Waals surface area (Å²) in [6, 6.07) is 7.97. The van der Waals surface area contributed by atoms with Gasteiger partial charge in [-0.1, -0.05) is 16.4 Å². The molecule has 26 heavy (non-hydrogen) atoms. The smallest absolute Gasteiger partial charge is 0.265 e. The molecule has 3 rings (SSSR count). The van der Waals surface area contributed by atoms with Crippen molar-refractivity contribution in [3.05, 3.63) is 47.2 Å². The Bertz CT molecular complexity index is 1100. The van der Waals surface area contributed by atoms with Crippen molar-refractivity contribution in [3.63, 3.8) is 0 Å². The summed E-state index contributed by atoms with van der Waals surface area (Å²) in [7, 11) is -3.42. The second-order valence-electron chi connectivity index (χ2n) is 5.34. The van der Waals surface area contributed by atoms with Crippen LogP contribution in [0.3, 0.4) is 0 Å². The molecule has 0 saturated carbocycles. The van der Waals surface area contributed by atoms with E-state index >= 15 is 0 Å². The standard InChI is InChI=1S/C15H12ClFN4O4S/c1-26(23,24)10-3-5-13-14(7-10)21(20-19-13)25-8-15(22)18-9-2-4-12(17)11(16)6-9/h2-7H,8H2,1H3,(H,18,22). The number of hydrogen-bond donors (Lipinski definition) is 1. The van der Waals surface area contributed by atoms with Crippen molar-refractivity contribution in [1.82, 2.24) is 15.2 Å². The van der Waals surface area contributed by atoms with Gasteiger partial charge in [-0.15, -0.1) is 5.10 Å². The highest BCUT2D eigenvalue weighted by atomic mass is 35.5. The van der Waals surface area contributed by atoms with Crippen molar-refractivity contribution in [3.8, 4) is 0 Å². The van der Waals surface area contributed by atoms with Crippen molar-refractivity contribution in [2.75, 3.05) is 18.2 Å². The highest BCUT2D eigenvalue weighted by Gasteiger charge is 2.13. The van der Waals surface area contributed by atoms with E-state index in [9.17, 15) is 17.6 Å². The third kappa shape index (κ3) is 3.92. The van der Waals surface area contributed by atoms with Crippen LogP contribution in [0.5, 0.6) is 0 Å². The maximum absolute atomic E-state index is 13.1. The van der Waals surface area contributed by atoms with E-state index in [1.807, 2.05) is 0 Å². The van der Waals surface area contributed by atoms with Crippen molar-refractivity contribution in [2.24, 2.45) is 0 Å². The molecular formula is C15H12ClFN4O4S. The summed E-state index contributed by atoms with van der Waals surface area (Å²) in [6.45, 7) is -0.434. The van der Waals surface area contributed by atoms with Gasteiger partial charge in [0.05, 0.1) is 9.92 Å². The maximum atomic E-state index is 13.1. The topological polar surface area (TPSA) is 103 Å². The van der Waals surface area contributed by atoms with Gasteiger partial charge in [0, 0.05) is 11.9 Å². The van der Waals surface area contributed by atoms with E-state index in [4.69, 9.17) is 16.4 Å². The van der Waals surface area contributed by atoms with E-state index in [0.29, 0.717) is 16.7 Å². The molecule has 8 nitrogen and oxygen atoms in total. The molecule has 1 heterocycles. The molecule has 0 radical (unpaired) electrons. The molecule has 0 fully saturated rings. The summed E-state index contributed by atoms with van der Waals surface area (Å²) in [5, 5.41) is 9.91. The summed E-state index contributed by atoms with van der Waals surface area (Å²) < 4.78 is 36.4. The number of nitrogens with zero attached hydrogens (tertiary/aromatic N) is 3. The van der Waals surface area contributed by atoms with Gasteiger partial charge in [-0.05, 0) is 41.6 Å². The molecule has 1 amide bonds. The van der Waals surface area contributed by atoms with Gasteiger partial charge >= 0.3 is 0 Å². The Labute approximate surface area is 152 Å². The zero-order chi connectivity index (χ0) is 18.9. The molecule has 2 aromatic carbocycles. The van der Waals surface area contributed by atoms with E-state index in [1.165, 1.54) is 30.3 Å². The second kappa shape index (κ2) is 6.89. The fraction of sp³-hybridized carbons (Fsp3) is 0.133. The van der Waals surface area contributed by atoms with Crippen LogP contribution in [0.15, 0.2) is 41.3 Å². The average molecular weight is 399 g/mol. The lowest BCUT2D eigenvalue weighted by Crippen LogP contribution is -2.26. The van der Waals surface area contributed by atoms with Crippen LogP contribution in [0, 0.1) is 5.82 Å². The molecule has 0 bridgehead atoms. The number of carbonyl (C=O) groups excluding carboxylic acids is 1. The van der Waals surface area contributed by atoms with Gasteiger partial charge < -0.3 is 10.2 Å². The van der Waals surface area contributed by atoms with E-state index in [2.05, 4.69) is 15.6 Å². The minimum absolute atomic E-state index is 0.0718. The number of sulfone groups is 1. The average Bonchev–Trinajstić information content (AvgIpc) is 2.98. The Hall–Kier alpha value is -2.72. The van der Waals surface area contributed by atoms with Crippen LogP contribution in [0.2, 0.25) is 5.02 Å². The van der Waals surface area contributed by atoms with E-state index in [-0.39, 0.29) is 9.92 Å². The Balaban J connectivity index is 1.72. The molecule has 0 unspecified atom stereocenters. The Kier molecular flexibility index (Phi) is 4.79. The second-order valence-corrected chi connectivity index (χ2v) is 7.76. The van der Waals surface area contributed by atoms with Crippen LogP contribution in [0.1, 0.15) is 0 Å². The number of halogens is 2. The van der Waals surface area contributed by atoms with Crippen molar-refractivity contribution < 1.29 is 22.4 Å². The van der Waals surface area contributed by atoms with Crippen molar-refractivity contribution >= 4 is 44.1 Å². The lowest BCUT2D eigenvalue weighted by molar-refractivity contribution is -0.121. The fourth-order valence-corrected chi connectivity index (χ4v) is 2.92. The molecule has 1 aromatic heterocycles. The number of benzene rings is 2. The van der Waals surface area contributed by atoms with E-state index in [0.717, 1.165) is 17.2 Å². The monoisotopic (exact) mass is 398 g/mol. The van der Waals surface area contributed by atoms with Gasteiger partial charge in [-0.2, -0.15) is 0 Å². The zero-order valence-electron chi connectivity index (χ0n) is 13.3. The lowest BCUT2D eigenvalue weighted by Gasteiger charge is -2.08. The normalized spacial score (nSPS) is 11.5. The van der Waals surface area contributed by atoms with Crippen LogP contribution in [-0.4, -0.2) is 42.3 Å². The predicted molar refractivity (Wildman–Crippen MR) is 92.1 cm³/mol. The fourth-order valence-electron chi connectivity index (χ4n) is 2.09. The summed E-state index contributed by atoms with van der Waals surface area (Å²) in [5.41, 5.74) is 1.00. The number of hydrogen-bond acceptors (Lipinski definition) is 6.